The van der Waals surface area contributed by atoms with Gasteiger partial charge in [0, 0.05) is 12.2 Å². The smallest absolute Gasteiger partial charge is 0.126 e. The number of anilines is 1. The van der Waals surface area contributed by atoms with Crippen molar-refractivity contribution in [1.82, 2.24) is 4.98 Å². The van der Waals surface area contributed by atoms with Gasteiger partial charge in [-0.05, 0) is 31.4 Å². The quantitative estimate of drug-likeness (QED) is 0.749. The summed E-state index contributed by atoms with van der Waals surface area (Å²) in [5.74, 6) is 1.03. The molecular formula is C11H16N2. The van der Waals surface area contributed by atoms with Gasteiger partial charge in [-0.25, -0.2) is 4.98 Å². The van der Waals surface area contributed by atoms with Crippen molar-refractivity contribution in [3.8, 4) is 0 Å². The first-order valence-corrected chi connectivity index (χ1v) is 5.04. The fraction of sp³-hybridized carbons (Fsp3) is 0.545. The van der Waals surface area contributed by atoms with E-state index in [-0.39, 0.29) is 0 Å². The predicted octanol–water partition coefficient (Wildman–Crippen LogP) is 2.74. The molecule has 2 heteroatoms. The van der Waals surface area contributed by atoms with Gasteiger partial charge < -0.3 is 5.32 Å². The fourth-order valence-corrected chi connectivity index (χ4v) is 1.83. The van der Waals surface area contributed by atoms with Gasteiger partial charge in [-0.2, -0.15) is 0 Å². The number of aromatic nitrogens is 1. The predicted molar refractivity (Wildman–Crippen MR) is 54.9 cm³/mol. The molecule has 1 aromatic heterocycles. The summed E-state index contributed by atoms with van der Waals surface area (Å²) in [7, 11) is 0. The van der Waals surface area contributed by atoms with Crippen LogP contribution in [0.4, 0.5) is 5.82 Å². The van der Waals surface area contributed by atoms with E-state index in [9.17, 15) is 0 Å². The van der Waals surface area contributed by atoms with Crippen molar-refractivity contribution in [2.24, 2.45) is 0 Å². The first-order chi connectivity index (χ1) is 6.34. The monoisotopic (exact) mass is 176 g/mol. The van der Waals surface area contributed by atoms with Gasteiger partial charge in [-0.1, -0.05) is 18.9 Å². The molecule has 0 aromatic carbocycles. The van der Waals surface area contributed by atoms with E-state index in [1.165, 1.54) is 31.2 Å². The van der Waals surface area contributed by atoms with Crippen LogP contribution >= 0.6 is 0 Å². The molecule has 1 heterocycles. The van der Waals surface area contributed by atoms with Crippen LogP contribution in [-0.2, 0) is 0 Å². The van der Waals surface area contributed by atoms with Crippen LogP contribution in [0.15, 0.2) is 18.3 Å². The zero-order valence-electron chi connectivity index (χ0n) is 8.09. The van der Waals surface area contributed by atoms with Gasteiger partial charge >= 0.3 is 0 Å². The number of pyridine rings is 1. The second-order valence-corrected chi connectivity index (χ2v) is 3.85. The lowest BCUT2D eigenvalue weighted by atomic mass is 10.2. The minimum Gasteiger partial charge on any atom is -0.367 e. The number of rotatable bonds is 2. The van der Waals surface area contributed by atoms with E-state index in [1.807, 2.05) is 6.20 Å². The van der Waals surface area contributed by atoms with Crippen molar-refractivity contribution >= 4 is 5.82 Å². The van der Waals surface area contributed by atoms with Crippen LogP contribution in [0.2, 0.25) is 0 Å². The Hall–Kier alpha value is -1.05. The zero-order chi connectivity index (χ0) is 9.10. The summed E-state index contributed by atoms with van der Waals surface area (Å²) in [5.41, 5.74) is 1.22. The van der Waals surface area contributed by atoms with E-state index in [0.29, 0.717) is 6.04 Å². The van der Waals surface area contributed by atoms with Crippen LogP contribution in [0.3, 0.4) is 0 Å². The normalized spacial score (nSPS) is 17.6. The molecule has 1 aliphatic carbocycles. The lowest BCUT2D eigenvalue weighted by Gasteiger charge is -2.11. The maximum Gasteiger partial charge on any atom is 0.126 e. The highest BCUT2D eigenvalue weighted by atomic mass is 15.0. The molecule has 1 aliphatic rings. The fourth-order valence-electron chi connectivity index (χ4n) is 1.83. The third-order valence-electron chi connectivity index (χ3n) is 2.62. The Morgan fingerprint density at radius 1 is 1.31 bits per heavy atom. The third kappa shape index (κ3) is 2.20. The van der Waals surface area contributed by atoms with E-state index in [2.05, 4.69) is 29.4 Å². The topological polar surface area (TPSA) is 24.9 Å². The van der Waals surface area contributed by atoms with Crippen molar-refractivity contribution in [2.75, 3.05) is 5.32 Å². The molecule has 0 bridgehead atoms. The number of hydrogen-bond acceptors (Lipinski definition) is 2. The first kappa shape index (κ1) is 8.54. The molecule has 13 heavy (non-hydrogen) atoms. The van der Waals surface area contributed by atoms with Crippen molar-refractivity contribution in [3.63, 3.8) is 0 Å². The molecule has 0 spiro atoms. The molecular weight excluding hydrogens is 160 g/mol. The van der Waals surface area contributed by atoms with Crippen molar-refractivity contribution < 1.29 is 0 Å². The largest absolute Gasteiger partial charge is 0.367 e. The molecule has 0 aliphatic heterocycles. The molecule has 1 saturated carbocycles. The number of aryl methyl sites for hydroxylation is 1. The molecule has 0 atom stereocenters. The molecule has 2 nitrogen and oxygen atoms in total. The Labute approximate surface area is 79.4 Å². The highest BCUT2D eigenvalue weighted by molar-refractivity contribution is 5.36. The minimum atomic E-state index is 0.662. The second kappa shape index (κ2) is 3.77. The summed E-state index contributed by atoms with van der Waals surface area (Å²) in [6, 6.07) is 4.83. The van der Waals surface area contributed by atoms with Crippen molar-refractivity contribution in [1.29, 1.82) is 0 Å². The summed E-state index contributed by atoms with van der Waals surface area (Å²) in [6.45, 7) is 2.06. The van der Waals surface area contributed by atoms with Crippen LogP contribution in [0.25, 0.3) is 0 Å². The lowest BCUT2D eigenvalue weighted by molar-refractivity contribution is 0.750. The van der Waals surface area contributed by atoms with Gasteiger partial charge in [0.15, 0.2) is 0 Å². The molecule has 0 saturated heterocycles. The summed E-state index contributed by atoms with van der Waals surface area (Å²) in [4.78, 5) is 4.33. The Balaban J connectivity index is 1.97. The zero-order valence-corrected chi connectivity index (χ0v) is 8.09. The van der Waals surface area contributed by atoms with E-state index in [4.69, 9.17) is 0 Å². The SMILES string of the molecule is Cc1ccc(NC2CCCC2)nc1. The van der Waals surface area contributed by atoms with Crippen LogP contribution in [-0.4, -0.2) is 11.0 Å². The molecule has 0 unspecified atom stereocenters. The Kier molecular flexibility index (Phi) is 2.48. The van der Waals surface area contributed by atoms with Gasteiger partial charge in [0.2, 0.25) is 0 Å². The van der Waals surface area contributed by atoms with Crippen molar-refractivity contribution in [2.45, 2.75) is 38.6 Å². The average molecular weight is 176 g/mol. The summed E-state index contributed by atoms with van der Waals surface area (Å²) >= 11 is 0. The molecule has 0 amide bonds. The standard InChI is InChI=1S/C11H16N2/c1-9-6-7-11(12-8-9)13-10-4-2-3-5-10/h6-8,10H,2-5H2,1H3,(H,12,13). The third-order valence-corrected chi connectivity index (χ3v) is 2.62. The van der Waals surface area contributed by atoms with Gasteiger partial charge in [-0.3, -0.25) is 0 Å². The van der Waals surface area contributed by atoms with E-state index in [0.717, 1.165) is 5.82 Å². The molecule has 1 fully saturated rings. The molecule has 2 rings (SSSR count). The van der Waals surface area contributed by atoms with Crippen LogP contribution < -0.4 is 5.32 Å². The van der Waals surface area contributed by atoms with Gasteiger partial charge in [0.25, 0.3) is 0 Å². The second-order valence-electron chi connectivity index (χ2n) is 3.85. The van der Waals surface area contributed by atoms with E-state index in [1.54, 1.807) is 0 Å². The highest BCUT2D eigenvalue weighted by Crippen LogP contribution is 2.21. The Morgan fingerprint density at radius 2 is 2.08 bits per heavy atom. The maximum absolute atomic E-state index is 4.33. The Morgan fingerprint density at radius 3 is 2.69 bits per heavy atom. The average Bonchev–Trinajstić information content (AvgIpc) is 2.62. The summed E-state index contributed by atoms with van der Waals surface area (Å²) < 4.78 is 0. The van der Waals surface area contributed by atoms with Crippen LogP contribution in [0.5, 0.6) is 0 Å². The van der Waals surface area contributed by atoms with Gasteiger partial charge in [0.05, 0.1) is 0 Å². The van der Waals surface area contributed by atoms with Crippen LogP contribution in [0.1, 0.15) is 31.2 Å². The van der Waals surface area contributed by atoms with Gasteiger partial charge in [-0.15, -0.1) is 0 Å². The first-order valence-electron chi connectivity index (χ1n) is 5.04. The number of nitrogens with zero attached hydrogens (tertiary/aromatic N) is 1. The Bertz CT molecular complexity index is 260. The molecule has 70 valence electrons. The minimum absolute atomic E-state index is 0.662. The molecule has 1 N–H and O–H groups in total. The van der Waals surface area contributed by atoms with Crippen molar-refractivity contribution in [3.05, 3.63) is 23.9 Å². The van der Waals surface area contributed by atoms with Crippen LogP contribution in [0, 0.1) is 6.92 Å². The lowest BCUT2D eigenvalue weighted by Crippen LogP contribution is -2.15. The van der Waals surface area contributed by atoms with Gasteiger partial charge in [0.1, 0.15) is 5.82 Å². The highest BCUT2D eigenvalue weighted by Gasteiger charge is 2.14. The number of hydrogen-bond donors (Lipinski definition) is 1. The van der Waals surface area contributed by atoms with E-state index < -0.39 is 0 Å². The van der Waals surface area contributed by atoms with E-state index >= 15 is 0 Å². The number of nitrogens with one attached hydrogen (secondary N) is 1. The maximum atomic E-state index is 4.33. The molecule has 1 aromatic rings. The molecule has 0 radical (unpaired) electrons. The summed E-state index contributed by atoms with van der Waals surface area (Å²) in [5, 5.41) is 3.46. The summed E-state index contributed by atoms with van der Waals surface area (Å²) in [6.07, 6.45) is 7.25.